The number of rotatable bonds is 5. The fourth-order valence-corrected chi connectivity index (χ4v) is 2.45. The molecule has 1 N–H and O–H groups in total. The van der Waals surface area contributed by atoms with Gasteiger partial charge in [-0.15, -0.1) is 0 Å². The summed E-state index contributed by atoms with van der Waals surface area (Å²) in [5, 5.41) is 1.87. The van der Waals surface area contributed by atoms with E-state index in [1.165, 1.54) is 0 Å². The Kier molecular flexibility index (Phi) is 3.86. The third-order valence-corrected chi connectivity index (χ3v) is 4.06. The number of esters is 1. The van der Waals surface area contributed by atoms with E-state index in [1.807, 2.05) is 18.2 Å². The first kappa shape index (κ1) is 15.0. The van der Waals surface area contributed by atoms with Gasteiger partial charge >= 0.3 is 5.97 Å². The van der Waals surface area contributed by atoms with Gasteiger partial charge in [0.1, 0.15) is 18.5 Å². The monoisotopic (exact) mass is 322 g/mol. The van der Waals surface area contributed by atoms with Crippen LogP contribution in [0.5, 0.6) is 0 Å². The molecule has 22 heavy (non-hydrogen) atoms. The summed E-state index contributed by atoms with van der Waals surface area (Å²) in [6.07, 6.45) is 0.134. The smallest absolute Gasteiger partial charge is 0.338 e. The van der Waals surface area contributed by atoms with Gasteiger partial charge in [0.2, 0.25) is 0 Å². The number of benzene rings is 2. The lowest BCUT2D eigenvalue weighted by atomic mass is 10.0. The molecule has 1 saturated heterocycles. The molecule has 1 unspecified atom stereocenters. The molecular weight excluding hydrogens is 308 g/mol. The maximum absolute atomic E-state index is 11.9. The molecule has 1 fully saturated rings. The van der Waals surface area contributed by atoms with Crippen LogP contribution in [-0.4, -0.2) is 37.9 Å². The summed E-state index contributed by atoms with van der Waals surface area (Å²) >= 11 is 0. The van der Waals surface area contributed by atoms with Crippen LogP contribution in [0, 0.1) is 0 Å². The molecule has 0 saturated carbocycles. The quantitative estimate of drug-likeness (QED) is 0.514. The molecule has 116 valence electrons. The average Bonchev–Trinajstić information content (AvgIpc) is 3.29. The predicted molar refractivity (Wildman–Crippen MR) is 79.3 cm³/mol. The van der Waals surface area contributed by atoms with Crippen LogP contribution in [0.25, 0.3) is 10.8 Å². The topological polar surface area (TPSA) is 93.2 Å². The highest BCUT2D eigenvalue weighted by Gasteiger charge is 2.24. The van der Waals surface area contributed by atoms with Gasteiger partial charge in [0.05, 0.1) is 12.2 Å². The molecule has 1 atom stereocenters. The zero-order chi connectivity index (χ0) is 15.7. The minimum atomic E-state index is -4.14. The van der Waals surface area contributed by atoms with Gasteiger partial charge < -0.3 is 9.47 Å². The van der Waals surface area contributed by atoms with Crippen molar-refractivity contribution in [3.05, 3.63) is 47.5 Å². The van der Waals surface area contributed by atoms with Crippen LogP contribution >= 0.6 is 0 Å². The van der Waals surface area contributed by atoms with Crippen molar-refractivity contribution in [3.63, 3.8) is 0 Å². The lowest BCUT2D eigenvalue weighted by Gasteiger charge is -2.06. The highest BCUT2D eigenvalue weighted by Crippen LogP contribution is 2.31. The highest BCUT2D eigenvalue weighted by atomic mass is 32.2. The van der Waals surface area contributed by atoms with Crippen molar-refractivity contribution >= 4 is 26.9 Å². The fourth-order valence-electron chi connectivity index (χ4n) is 2.16. The van der Waals surface area contributed by atoms with Crippen molar-refractivity contribution in [1.29, 1.82) is 0 Å². The summed E-state index contributed by atoms with van der Waals surface area (Å²) in [4.78, 5) is 11.9. The second-order valence-electron chi connectivity index (χ2n) is 5.07. The maximum Gasteiger partial charge on any atom is 0.338 e. The molecule has 0 radical (unpaired) electrons. The number of carbonyl (C=O) groups excluding carboxylic acids is 1. The van der Waals surface area contributed by atoms with Crippen LogP contribution in [-0.2, 0) is 19.6 Å². The highest BCUT2D eigenvalue weighted by molar-refractivity contribution is 7.85. The van der Waals surface area contributed by atoms with E-state index in [-0.39, 0.29) is 12.7 Å². The Balaban J connectivity index is 1.76. The number of fused-ring (bicyclic) bond motifs is 1. The lowest BCUT2D eigenvalue weighted by molar-refractivity contribution is 0.0528. The molecule has 6 nitrogen and oxygen atoms in total. The first-order valence-corrected chi connectivity index (χ1v) is 8.31. The molecule has 1 heterocycles. The maximum atomic E-state index is 11.9. The molecule has 0 bridgehead atoms. The van der Waals surface area contributed by atoms with Crippen LogP contribution in [0.2, 0.25) is 0 Å². The number of hydrogen-bond acceptors (Lipinski definition) is 5. The van der Waals surface area contributed by atoms with Crippen LogP contribution in [0.1, 0.15) is 22.0 Å². The molecule has 7 heteroatoms. The Morgan fingerprint density at radius 3 is 2.64 bits per heavy atom. The van der Waals surface area contributed by atoms with Crippen LogP contribution in [0.4, 0.5) is 0 Å². The minimum absolute atomic E-state index is 0.134. The number of hydrogen-bond donors (Lipinski definition) is 1. The van der Waals surface area contributed by atoms with Gasteiger partial charge in [-0.05, 0) is 34.5 Å². The van der Waals surface area contributed by atoms with Crippen molar-refractivity contribution in [3.8, 4) is 0 Å². The summed E-state index contributed by atoms with van der Waals surface area (Å²) in [6, 6.07) is 11.0. The van der Waals surface area contributed by atoms with Crippen LogP contribution in [0.3, 0.4) is 0 Å². The molecule has 0 aliphatic carbocycles. The van der Waals surface area contributed by atoms with E-state index >= 15 is 0 Å². The van der Waals surface area contributed by atoms with Gasteiger partial charge in [0.15, 0.2) is 0 Å². The predicted octanol–water partition coefficient (Wildman–Crippen LogP) is 1.96. The molecule has 3 rings (SSSR count). The van der Waals surface area contributed by atoms with Gasteiger partial charge in [0, 0.05) is 0 Å². The van der Waals surface area contributed by atoms with Gasteiger partial charge in [-0.1, -0.05) is 18.2 Å². The zero-order valence-corrected chi connectivity index (χ0v) is 12.4. The molecule has 1 aliphatic heterocycles. The number of ether oxygens (including phenoxy) is 2. The fraction of sp³-hybridized carbons (Fsp3) is 0.267. The van der Waals surface area contributed by atoms with Crippen LogP contribution in [0.15, 0.2) is 36.4 Å². The van der Waals surface area contributed by atoms with E-state index in [4.69, 9.17) is 14.0 Å². The Morgan fingerprint density at radius 2 is 1.95 bits per heavy atom. The summed E-state index contributed by atoms with van der Waals surface area (Å²) < 4.78 is 39.8. The number of epoxide rings is 1. The molecule has 0 amide bonds. The summed E-state index contributed by atoms with van der Waals surface area (Å²) in [5.41, 5.74) is 1.39. The Bertz CT molecular complexity index is 823. The standard InChI is InChI=1S/C15H14O6S/c16-15(20-5-6-22(17,18)19)12-4-2-10-1-3-11(14-9-21-14)7-13(10)8-12/h1-4,7-8,14H,5-6,9H2,(H,17,18,19). The van der Waals surface area contributed by atoms with Gasteiger partial charge in [-0.2, -0.15) is 8.42 Å². The first-order valence-electron chi connectivity index (χ1n) is 6.70. The van der Waals surface area contributed by atoms with E-state index in [0.29, 0.717) is 12.2 Å². The van der Waals surface area contributed by atoms with E-state index in [2.05, 4.69) is 0 Å². The van der Waals surface area contributed by atoms with Crippen molar-refractivity contribution in [2.45, 2.75) is 6.10 Å². The van der Waals surface area contributed by atoms with Crippen LogP contribution < -0.4 is 0 Å². The summed E-state index contributed by atoms with van der Waals surface area (Å²) in [5.74, 6) is -1.24. The van der Waals surface area contributed by atoms with Crippen molar-refractivity contribution in [1.82, 2.24) is 0 Å². The lowest BCUT2D eigenvalue weighted by Crippen LogP contribution is -2.14. The van der Waals surface area contributed by atoms with Gasteiger partial charge in [0.25, 0.3) is 10.1 Å². The second-order valence-corrected chi connectivity index (χ2v) is 6.64. The minimum Gasteiger partial charge on any atom is -0.461 e. The normalized spacial score (nSPS) is 17.4. The number of carbonyl (C=O) groups is 1. The Hall–Kier alpha value is -1.96. The third-order valence-electron chi connectivity index (χ3n) is 3.38. The average molecular weight is 322 g/mol. The largest absolute Gasteiger partial charge is 0.461 e. The summed E-state index contributed by atoms with van der Waals surface area (Å²) in [6.45, 7) is 0.328. The van der Waals surface area contributed by atoms with E-state index in [9.17, 15) is 13.2 Å². The Morgan fingerprint density at radius 1 is 1.23 bits per heavy atom. The van der Waals surface area contributed by atoms with E-state index < -0.39 is 21.8 Å². The van der Waals surface area contributed by atoms with Gasteiger partial charge in [-0.25, -0.2) is 4.79 Å². The molecule has 0 spiro atoms. The second kappa shape index (κ2) is 5.68. The van der Waals surface area contributed by atoms with Crippen molar-refractivity contribution in [2.75, 3.05) is 19.0 Å². The molecule has 2 aromatic carbocycles. The van der Waals surface area contributed by atoms with E-state index in [0.717, 1.165) is 16.3 Å². The first-order chi connectivity index (χ1) is 10.4. The molecule has 0 aromatic heterocycles. The molecular formula is C15H14O6S. The third kappa shape index (κ3) is 3.62. The van der Waals surface area contributed by atoms with Gasteiger partial charge in [-0.3, -0.25) is 4.55 Å². The van der Waals surface area contributed by atoms with Crippen molar-refractivity contribution < 1.29 is 27.2 Å². The van der Waals surface area contributed by atoms with E-state index in [1.54, 1.807) is 18.2 Å². The van der Waals surface area contributed by atoms with Crippen molar-refractivity contribution in [2.24, 2.45) is 0 Å². The molecule has 2 aromatic rings. The molecule has 1 aliphatic rings. The SMILES string of the molecule is O=C(OCCS(=O)(=O)O)c1ccc2ccc(C3CO3)cc2c1. The summed E-state index contributed by atoms with van der Waals surface area (Å²) in [7, 11) is -4.14. The Labute approximate surface area is 127 Å². The zero-order valence-electron chi connectivity index (χ0n) is 11.6.